The molecular weight excluding hydrogens is 248 g/mol. The molecule has 5 heteroatoms. The minimum absolute atomic E-state index is 0.00286. The Morgan fingerprint density at radius 3 is 2.83 bits per heavy atom. The number of aromatic nitrogens is 1. The van der Waals surface area contributed by atoms with Gasteiger partial charge in [-0.1, -0.05) is 11.3 Å². The van der Waals surface area contributed by atoms with Gasteiger partial charge in [-0.2, -0.15) is 5.26 Å². The Balaban J connectivity index is 2.45. The first-order valence-corrected chi connectivity index (χ1v) is 6.25. The third-order valence-electron chi connectivity index (χ3n) is 2.71. The molecule has 0 unspecified atom stereocenters. The van der Waals surface area contributed by atoms with Gasteiger partial charge in [0, 0.05) is 16.6 Å². The minimum atomic E-state index is -0.00286. The van der Waals surface area contributed by atoms with E-state index in [-0.39, 0.29) is 4.87 Å². The van der Waals surface area contributed by atoms with Gasteiger partial charge in [0.25, 0.3) is 0 Å². The van der Waals surface area contributed by atoms with Gasteiger partial charge in [0.05, 0.1) is 25.3 Å². The Morgan fingerprint density at radius 1 is 1.50 bits per heavy atom. The van der Waals surface area contributed by atoms with E-state index in [0.717, 1.165) is 11.3 Å². The molecule has 92 valence electrons. The highest BCUT2D eigenvalue weighted by Gasteiger charge is 2.09. The standard InChI is InChI=1S/C13H12N2O2S/c1-9-8-18-13(16)15(9)7-11-5-10(6-14)3-4-12(11)17-2/h3-5,8H,7H2,1-2H3. The number of rotatable bonds is 3. The van der Waals surface area contributed by atoms with E-state index in [1.807, 2.05) is 12.3 Å². The summed E-state index contributed by atoms with van der Waals surface area (Å²) >= 11 is 1.18. The molecule has 0 atom stereocenters. The van der Waals surface area contributed by atoms with Crippen molar-refractivity contribution in [1.82, 2.24) is 4.57 Å². The quantitative estimate of drug-likeness (QED) is 0.849. The Kier molecular flexibility index (Phi) is 3.49. The summed E-state index contributed by atoms with van der Waals surface area (Å²) in [7, 11) is 1.58. The third kappa shape index (κ3) is 2.29. The van der Waals surface area contributed by atoms with E-state index >= 15 is 0 Å². The molecule has 18 heavy (non-hydrogen) atoms. The smallest absolute Gasteiger partial charge is 0.307 e. The predicted octanol–water partition coefficient (Wildman–Crippen LogP) is 2.15. The summed E-state index contributed by atoms with van der Waals surface area (Å²) in [5.74, 6) is 0.687. The lowest BCUT2D eigenvalue weighted by Gasteiger charge is -2.10. The molecule has 0 amide bonds. The molecule has 0 spiro atoms. The topological polar surface area (TPSA) is 55.0 Å². The van der Waals surface area contributed by atoms with Crippen molar-refractivity contribution in [3.63, 3.8) is 0 Å². The Bertz CT molecular complexity index is 664. The van der Waals surface area contributed by atoms with Crippen molar-refractivity contribution in [1.29, 1.82) is 5.26 Å². The number of ether oxygens (including phenoxy) is 1. The van der Waals surface area contributed by atoms with Crippen LogP contribution in [-0.4, -0.2) is 11.7 Å². The highest BCUT2D eigenvalue weighted by Crippen LogP contribution is 2.21. The van der Waals surface area contributed by atoms with Gasteiger partial charge in [0.1, 0.15) is 5.75 Å². The van der Waals surface area contributed by atoms with Crippen molar-refractivity contribution in [2.24, 2.45) is 0 Å². The van der Waals surface area contributed by atoms with Crippen LogP contribution in [0, 0.1) is 18.3 Å². The van der Waals surface area contributed by atoms with E-state index in [0.29, 0.717) is 17.9 Å². The van der Waals surface area contributed by atoms with Crippen molar-refractivity contribution in [2.75, 3.05) is 7.11 Å². The van der Waals surface area contributed by atoms with Crippen molar-refractivity contribution in [3.8, 4) is 11.8 Å². The van der Waals surface area contributed by atoms with E-state index in [2.05, 4.69) is 6.07 Å². The van der Waals surface area contributed by atoms with Gasteiger partial charge in [0.15, 0.2) is 0 Å². The number of thiazole rings is 1. The van der Waals surface area contributed by atoms with Crippen LogP contribution in [0.4, 0.5) is 0 Å². The molecule has 0 bridgehead atoms. The van der Waals surface area contributed by atoms with Crippen LogP contribution in [0.15, 0.2) is 28.4 Å². The van der Waals surface area contributed by atoms with Crippen LogP contribution in [0.25, 0.3) is 0 Å². The first kappa shape index (κ1) is 12.4. The SMILES string of the molecule is COc1ccc(C#N)cc1Cn1c(C)csc1=O. The first-order chi connectivity index (χ1) is 8.65. The second kappa shape index (κ2) is 5.07. The van der Waals surface area contributed by atoms with Crippen molar-refractivity contribution >= 4 is 11.3 Å². The average Bonchev–Trinajstić information content (AvgIpc) is 2.70. The van der Waals surface area contributed by atoms with Crippen LogP contribution in [0.1, 0.15) is 16.8 Å². The van der Waals surface area contributed by atoms with Crippen LogP contribution < -0.4 is 9.61 Å². The van der Waals surface area contributed by atoms with Crippen LogP contribution in [0.5, 0.6) is 5.75 Å². The molecule has 0 aliphatic rings. The van der Waals surface area contributed by atoms with Crippen molar-refractivity contribution < 1.29 is 4.74 Å². The maximum absolute atomic E-state index is 11.7. The maximum atomic E-state index is 11.7. The molecule has 1 heterocycles. The number of nitrogens with zero attached hydrogens (tertiary/aromatic N) is 2. The summed E-state index contributed by atoms with van der Waals surface area (Å²) in [6, 6.07) is 7.29. The first-order valence-electron chi connectivity index (χ1n) is 5.37. The Labute approximate surface area is 109 Å². The van der Waals surface area contributed by atoms with Gasteiger partial charge in [-0.05, 0) is 25.1 Å². The monoisotopic (exact) mass is 260 g/mol. The predicted molar refractivity (Wildman–Crippen MR) is 70.1 cm³/mol. The lowest BCUT2D eigenvalue weighted by atomic mass is 10.1. The van der Waals surface area contributed by atoms with E-state index in [4.69, 9.17) is 10.00 Å². The molecular formula is C13H12N2O2S. The summed E-state index contributed by atoms with van der Waals surface area (Å²) < 4.78 is 6.92. The fourth-order valence-electron chi connectivity index (χ4n) is 1.74. The molecule has 0 radical (unpaired) electrons. The highest BCUT2D eigenvalue weighted by atomic mass is 32.1. The fourth-order valence-corrected chi connectivity index (χ4v) is 2.47. The van der Waals surface area contributed by atoms with Gasteiger partial charge in [-0.25, -0.2) is 0 Å². The number of methoxy groups -OCH3 is 1. The van der Waals surface area contributed by atoms with Crippen LogP contribution in [0.3, 0.4) is 0 Å². The molecule has 1 aromatic heterocycles. The molecule has 1 aromatic carbocycles. The number of benzene rings is 1. The molecule has 2 aromatic rings. The molecule has 0 saturated heterocycles. The Hall–Kier alpha value is -2.06. The molecule has 0 fully saturated rings. The third-order valence-corrected chi connectivity index (χ3v) is 3.60. The fraction of sp³-hybridized carbons (Fsp3) is 0.231. The molecule has 0 aliphatic heterocycles. The van der Waals surface area contributed by atoms with Gasteiger partial charge < -0.3 is 4.74 Å². The summed E-state index contributed by atoms with van der Waals surface area (Å²) in [4.78, 5) is 11.7. The maximum Gasteiger partial charge on any atom is 0.307 e. The second-order valence-corrected chi connectivity index (χ2v) is 4.69. The number of nitriles is 1. The molecule has 0 saturated carbocycles. The Morgan fingerprint density at radius 2 is 2.28 bits per heavy atom. The number of hydrogen-bond acceptors (Lipinski definition) is 4. The van der Waals surface area contributed by atoms with Gasteiger partial charge >= 0.3 is 4.87 Å². The molecule has 0 N–H and O–H groups in total. The van der Waals surface area contributed by atoms with Gasteiger partial charge in [-0.3, -0.25) is 9.36 Å². The molecule has 4 nitrogen and oxygen atoms in total. The average molecular weight is 260 g/mol. The van der Waals surface area contributed by atoms with E-state index < -0.39 is 0 Å². The number of aryl methyl sites for hydroxylation is 1. The van der Waals surface area contributed by atoms with E-state index in [1.165, 1.54) is 11.3 Å². The van der Waals surface area contributed by atoms with E-state index in [1.54, 1.807) is 29.9 Å². The normalized spacial score (nSPS) is 10.1. The summed E-state index contributed by atoms with van der Waals surface area (Å²) in [6.45, 7) is 2.31. The zero-order valence-electron chi connectivity index (χ0n) is 10.1. The van der Waals surface area contributed by atoms with Gasteiger partial charge in [0.2, 0.25) is 0 Å². The van der Waals surface area contributed by atoms with Crippen molar-refractivity contribution in [2.45, 2.75) is 13.5 Å². The van der Waals surface area contributed by atoms with E-state index in [9.17, 15) is 4.79 Å². The van der Waals surface area contributed by atoms with Crippen LogP contribution in [0.2, 0.25) is 0 Å². The van der Waals surface area contributed by atoms with Gasteiger partial charge in [-0.15, -0.1) is 0 Å². The van der Waals surface area contributed by atoms with Crippen molar-refractivity contribution in [3.05, 3.63) is 50.1 Å². The molecule has 0 aliphatic carbocycles. The zero-order valence-corrected chi connectivity index (χ0v) is 11.0. The molecule has 2 rings (SSSR count). The van der Waals surface area contributed by atoms with Crippen LogP contribution in [-0.2, 0) is 6.54 Å². The van der Waals surface area contributed by atoms with Crippen LogP contribution >= 0.6 is 11.3 Å². The second-order valence-electron chi connectivity index (χ2n) is 3.87. The lowest BCUT2D eigenvalue weighted by Crippen LogP contribution is -2.15. The summed E-state index contributed by atoms with van der Waals surface area (Å²) in [6.07, 6.45) is 0. The number of hydrogen-bond donors (Lipinski definition) is 0. The highest BCUT2D eigenvalue weighted by molar-refractivity contribution is 7.07. The zero-order chi connectivity index (χ0) is 13.1. The largest absolute Gasteiger partial charge is 0.496 e. The summed E-state index contributed by atoms with van der Waals surface area (Å²) in [5, 5.41) is 10.7. The minimum Gasteiger partial charge on any atom is -0.496 e. The lowest BCUT2D eigenvalue weighted by molar-refractivity contribution is 0.408. The summed E-state index contributed by atoms with van der Waals surface area (Å²) in [5.41, 5.74) is 2.31.